The zero-order valence-electron chi connectivity index (χ0n) is 17.9. The van der Waals surface area contributed by atoms with Crippen LogP contribution in [0.3, 0.4) is 0 Å². The molecule has 2 saturated heterocycles. The van der Waals surface area contributed by atoms with Gasteiger partial charge in [-0.15, -0.1) is 0 Å². The maximum absolute atomic E-state index is 12.8. The fourth-order valence-electron chi connectivity index (χ4n) is 4.41. The van der Waals surface area contributed by atoms with E-state index >= 15 is 0 Å². The third-order valence-electron chi connectivity index (χ3n) is 5.95. The summed E-state index contributed by atoms with van der Waals surface area (Å²) in [5, 5.41) is 4.17. The number of nitrogens with zero attached hydrogens (tertiary/aromatic N) is 3. The summed E-state index contributed by atoms with van der Waals surface area (Å²) in [4.78, 5) is 19.3. The van der Waals surface area contributed by atoms with Gasteiger partial charge < -0.3 is 20.0 Å². The fourth-order valence-corrected chi connectivity index (χ4v) is 4.96. The first-order chi connectivity index (χ1) is 13.2. The molecule has 1 atom stereocenters. The van der Waals surface area contributed by atoms with E-state index in [1.54, 1.807) is 0 Å². The van der Waals surface area contributed by atoms with E-state index in [4.69, 9.17) is 12.2 Å². The van der Waals surface area contributed by atoms with Crippen LogP contribution in [0.1, 0.15) is 44.7 Å². The molecule has 0 spiro atoms. The van der Waals surface area contributed by atoms with Crippen LogP contribution < -0.4 is 10.2 Å². The van der Waals surface area contributed by atoms with Gasteiger partial charge in [0.1, 0.15) is 0 Å². The number of thiocarbonyl (C=S) groups is 1. The number of piperazine rings is 1. The number of hydrogen-bond donors (Lipinski definition) is 1. The normalized spacial score (nSPS) is 22.2. The van der Waals surface area contributed by atoms with Gasteiger partial charge >= 0.3 is 0 Å². The Labute approximate surface area is 175 Å². The molecule has 28 heavy (non-hydrogen) atoms. The number of anilines is 1. The van der Waals surface area contributed by atoms with Crippen LogP contribution in [0.15, 0.2) is 18.2 Å². The van der Waals surface area contributed by atoms with Crippen LogP contribution in [-0.4, -0.2) is 65.1 Å². The standard InChI is InChI=1S/C22H34N4OS/c1-16-6-7-17(2)19(14-16)24-10-12-25(13-11-24)20(27)8-9-26-18(3)15-22(4,5)23-21(26)28/h6-7,14,18H,8-13,15H2,1-5H3,(H,23,28)/t18-/m1/s1. The van der Waals surface area contributed by atoms with E-state index in [1.165, 1.54) is 16.8 Å². The molecule has 0 aromatic heterocycles. The van der Waals surface area contributed by atoms with Gasteiger partial charge in [-0.05, 0) is 70.5 Å². The maximum atomic E-state index is 12.8. The third kappa shape index (κ3) is 4.77. The van der Waals surface area contributed by atoms with Crippen LogP contribution in [0.5, 0.6) is 0 Å². The highest BCUT2D eigenvalue weighted by molar-refractivity contribution is 7.80. The highest BCUT2D eigenvalue weighted by atomic mass is 32.1. The molecule has 0 bridgehead atoms. The average Bonchev–Trinajstić information content (AvgIpc) is 2.62. The molecule has 6 heteroatoms. The first-order valence-electron chi connectivity index (χ1n) is 10.3. The van der Waals surface area contributed by atoms with Gasteiger partial charge in [-0.25, -0.2) is 0 Å². The number of amides is 1. The number of aryl methyl sites for hydroxylation is 2. The highest BCUT2D eigenvalue weighted by Gasteiger charge is 2.33. The summed E-state index contributed by atoms with van der Waals surface area (Å²) in [7, 11) is 0. The molecule has 0 saturated carbocycles. The quantitative estimate of drug-likeness (QED) is 0.784. The Hall–Kier alpha value is -1.82. The maximum Gasteiger partial charge on any atom is 0.224 e. The second-order valence-electron chi connectivity index (χ2n) is 8.97. The Bertz CT molecular complexity index is 740. The minimum Gasteiger partial charge on any atom is -0.368 e. The molecule has 5 nitrogen and oxygen atoms in total. The summed E-state index contributed by atoms with van der Waals surface area (Å²) in [6.45, 7) is 14.9. The lowest BCUT2D eigenvalue weighted by molar-refractivity contribution is -0.131. The molecular formula is C22H34N4OS. The molecule has 2 aliphatic rings. The van der Waals surface area contributed by atoms with Gasteiger partial charge in [0.15, 0.2) is 5.11 Å². The Morgan fingerprint density at radius 3 is 2.54 bits per heavy atom. The van der Waals surface area contributed by atoms with Crippen molar-refractivity contribution in [2.24, 2.45) is 0 Å². The van der Waals surface area contributed by atoms with Crippen molar-refractivity contribution in [3.63, 3.8) is 0 Å². The van der Waals surface area contributed by atoms with Crippen LogP contribution >= 0.6 is 12.2 Å². The molecule has 2 fully saturated rings. The van der Waals surface area contributed by atoms with Crippen molar-refractivity contribution in [2.75, 3.05) is 37.6 Å². The number of carbonyl (C=O) groups excluding carboxylic acids is 1. The second kappa shape index (κ2) is 8.27. The van der Waals surface area contributed by atoms with E-state index in [0.29, 0.717) is 19.0 Å². The minimum absolute atomic E-state index is 0.0290. The molecule has 2 aliphatic heterocycles. The zero-order chi connectivity index (χ0) is 20.5. The van der Waals surface area contributed by atoms with Crippen LogP contribution in [0.4, 0.5) is 5.69 Å². The molecule has 1 aromatic carbocycles. The van der Waals surface area contributed by atoms with E-state index in [1.807, 2.05) is 4.90 Å². The molecule has 154 valence electrons. The summed E-state index contributed by atoms with van der Waals surface area (Å²) in [6.07, 6.45) is 1.55. The van der Waals surface area contributed by atoms with Gasteiger partial charge in [0, 0.05) is 56.4 Å². The summed E-state index contributed by atoms with van der Waals surface area (Å²) >= 11 is 5.54. The van der Waals surface area contributed by atoms with E-state index in [9.17, 15) is 4.79 Å². The van der Waals surface area contributed by atoms with Gasteiger partial charge in [0.05, 0.1) is 0 Å². The smallest absolute Gasteiger partial charge is 0.224 e. The fraction of sp³-hybridized carbons (Fsp3) is 0.636. The molecule has 1 amide bonds. The molecule has 1 N–H and O–H groups in total. The minimum atomic E-state index is 0.0290. The monoisotopic (exact) mass is 402 g/mol. The Morgan fingerprint density at radius 1 is 1.21 bits per heavy atom. The topological polar surface area (TPSA) is 38.8 Å². The SMILES string of the molecule is Cc1ccc(C)c(N2CCN(C(=O)CCN3C(=S)NC(C)(C)C[C@H]3C)CC2)c1. The summed E-state index contributed by atoms with van der Waals surface area (Å²) in [5.41, 5.74) is 3.91. The summed E-state index contributed by atoms with van der Waals surface area (Å²) in [6, 6.07) is 6.94. The predicted molar refractivity (Wildman–Crippen MR) is 120 cm³/mol. The predicted octanol–water partition coefficient (Wildman–Crippen LogP) is 3.09. The second-order valence-corrected chi connectivity index (χ2v) is 9.36. The van der Waals surface area contributed by atoms with Gasteiger partial charge in [-0.1, -0.05) is 12.1 Å². The van der Waals surface area contributed by atoms with Crippen molar-refractivity contribution in [3.8, 4) is 0 Å². The summed E-state index contributed by atoms with van der Waals surface area (Å²) in [5.74, 6) is 0.237. The lowest BCUT2D eigenvalue weighted by Gasteiger charge is -2.45. The first kappa shape index (κ1) is 20.9. The molecule has 0 aliphatic carbocycles. The van der Waals surface area contributed by atoms with Crippen molar-refractivity contribution < 1.29 is 4.79 Å². The lowest BCUT2D eigenvalue weighted by atomic mass is 9.93. The molecule has 1 aromatic rings. The van der Waals surface area contributed by atoms with E-state index in [2.05, 4.69) is 67.9 Å². The van der Waals surface area contributed by atoms with Gasteiger partial charge in [0.2, 0.25) is 5.91 Å². The number of nitrogens with one attached hydrogen (secondary N) is 1. The van der Waals surface area contributed by atoms with Crippen molar-refractivity contribution in [1.29, 1.82) is 0 Å². The van der Waals surface area contributed by atoms with Crippen LogP contribution in [0.25, 0.3) is 0 Å². The number of benzene rings is 1. The van der Waals surface area contributed by atoms with Crippen LogP contribution in [0, 0.1) is 13.8 Å². The van der Waals surface area contributed by atoms with E-state index in [-0.39, 0.29) is 11.4 Å². The number of carbonyl (C=O) groups is 1. The highest BCUT2D eigenvalue weighted by Crippen LogP contribution is 2.24. The van der Waals surface area contributed by atoms with Crippen molar-refractivity contribution in [1.82, 2.24) is 15.1 Å². The molecular weight excluding hydrogens is 368 g/mol. The molecule has 2 heterocycles. The van der Waals surface area contributed by atoms with Gasteiger partial charge in [0.25, 0.3) is 0 Å². The Balaban J connectivity index is 1.50. The number of hydrogen-bond acceptors (Lipinski definition) is 3. The first-order valence-corrected chi connectivity index (χ1v) is 10.8. The largest absolute Gasteiger partial charge is 0.368 e. The Morgan fingerprint density at radius 2 is 1.89 bits per heavy atom. The third-order valence-corrected chi connectivity index (χ3v) is 6.28. The summed E-state index contributed by atoms with van der Waals surface area (Å²) < 4.78 is 0. The van der Waals surface area contributed by atoms with Gasteiger partial charge in [-0.3, -0.25) is 4.79 Å². The van der Waals surface area contributed by atoms with Gasteiger partial charge in [-0.2, -0.15) is 0 Å². The van der Waals surface area contributed by atoms with Crippen LogP contribution in [0.2, 0.25) is 0 Å². The van der Waals surface area contributed by atoms with Crippen molar-refractivity contribution >= 4 is 28.9 Å². The van der Waals surface area contributed by atoms with Crippen LogP contribution in [-0.2, 0) is 4.79 Å². The molecule has 0 unspecified atom stereocenters. The van der Waals surface area contributed by atoms with E-state index < -0.39 is 0 Å². The zero-order valence-corrected chi connectivity index (χ0v) is 18.7. The van der Waals surface area contributed by atoms with Crippen molar-refractivity contribution in [3.05, 3.63) is 29.3 Å². The lowest BCUT2D eigenvalue weighted by Crippen LogP contribution is -2.60. The number of rotatable bonds is 4. The van der Waals surface area contributed by atoms with E-state index in [0.717, 1.165) is 37.7 Å². The molecule has 3 rings (SSSR count). The molecule has 0 radical (unpaired) electrons. The average molecular weight is 403 g/mol. The van der Waals surface area contributed by atoms with Crippen molar-refractivity contribution in [2.45, 2.75) is 59.0 Å². The Kier molecular flexibility index (Phi) is 6.18.